The Morgan fingerprint density at radius 2 is 1.11 bits per heavy atom. The summed E-state index contributed by atoms with van der Waals surface area (Å²) < 4.78 is 2.65. The number of para-hydroxylation sites is 2. The molecule has 0 radical (unpaired) electrons. The number of nitrogens with zero attached hydrogens (tertiary/aromatic N) is 1. The number of hydrogen-bond donors (Lipinski definition) is 0. The number of rotatable bonds is 5. The molecule has 0 heterocycles. The molecule has 2 aromatic carbocycles. The van der Waals surface area contributed by atoms with Crippen LogP contribution in [0.3, 0.4) is 0 Å². The second-order valence-electron chi connectivity index (χ2n) is 4.90. The van der Waals surface area contributed by atoms with Crippen LogP contribution in [0, 0.1) is 0 Å². The molecule has 0 fully saturated rings. The van der Waals surface area contributed by atoms with E-state index in [0.717, 1.165) is 0 Å². The summed E-state index contributed by atoms with van der Waals surface area (Å²) in [5.74, 6) is 0. The minimum absolute atomic E-state index is 0. The molecule has 0 saturated heterocycles. The molecule has 0 aliphatic rings. The fourth-order valence-electron chi connectivity index (χ4n) is 2.68. The second kappa shape index (κ2) is 8.60. The van der Waals surface area contributed by atoms with Crippen molar-refractivity contribution < 1.29 is 16.2 Å². The molecule has 3 heteroatoms. The van der Waals surface area contributed by atoms with Crippen molar-refractivity contribution in [3.8, 4) is 0 Å². The van der Waals surface area contributed by atoms with Gasteiger partial charge in [0.25, 0.3) is 0 Å². The van der Waals surface area contributed by atoms with E-state index in [4.69, 9.17) is 0 Å². The van der Waals surface area contributed by atoms with Gasteiger partial charge >= 0.3 is 135 Å². The van der Waals surface area contributed by atoms with Crippen LogP contribution in [0.4, 0.5) is 11.4 Å². The Labute approximate surface area is 134 Å². The molecule has 0 unspecified atom stereocenters. The maximum absolute atomic E-state index is 2.65. The standard InChI is InChI=1S/C12H10N.2C2H5.Li.Zn.H/c1-3-7-11(8-4-1)13-12-9-5-2-6-10-12;2*1-2;;;/h1-10H;2*1H2,2H3;;;/q-1;;;;+1;. The van der Waals surface area contributed by atoms with E-state index in [9.17, 15) is 0 Å². The van der Waals surface area contributed by atoms with Gasteiger partial charge in [0.15, 0.2) is 0 Å². The first-order valence-corrected chi connectivity index (χ1v) is 12.5. The zero-order valence-corrected chi connectivity index (χ0v) is 14.3. The molecule has 93 valence electrons. The van der Waals surface area contributed by atoms with Crippen LogP contribution >= 0.6 is 0 Å². The molecule has 0 N–H and O–H groups in total. The topological polar surface area (TPSA) is 3.24 Å². The van der Waals surface area contributed by atoms with E-state index in [1.807, 2.05) is 0 Å². The Bertz CT molecular complexity index is 417. The van der Waals surface area contributed by atoms with Gasteiger partial charge in [0, 0.05) is 0 Å². The zero-order valence-electron chi connectivity index (χ0n) is 11.3. The first-order chi connectivity index (χ1) is 8.86. The van der Waals surface area contributed by atoms with Crippen LogP contribution < -0.4 is 3.64 Å². The summed E-state index contributed by atoms with van der Waals surface area (Å²) >= 11 is -1.67. The van der Waals surface area contributed by atoms with Crippen molar-refractivity contribution in [1.29, 1.82) is 0 Å². The van der Waals surface area contributed by atoms with Crippen molar-refractivity contribution in [2.75, 3.05) is 3.64 Å². The van der Waals surface area contributed by atoms with Gasteiger partial charge in [0.05, 0.1) is 0 Å². The molecule has 0 aliphatic heterocycles. The summed E-state index contributed by atoms with van der Waals surface area (Å²) in [6, 6.07) is 21.7. The van der Waals surface area contributed by atoms with Gasteiger partial charge in [-0.2, -0.15) is 0 Å². The molecular formula is C16H21LiNZn. The Balaban J connectivity index is 0.00000180. The summed E-state index contributed by atoms with van der Waals surface area (Å²) in [5.41, 5.74) is 2.74. The van der Waals surface area contributed by atoms with E-state index in [-0.39, 0.29) is 18.9 Å². The van der Waals surface area contributed by atoms with E-state index < -0.39 is 16.2 Å². The number of anilines is 2. The molecule has 0 saturated carbocycles. The Kier molecular flexibility index (Phi) is 7.47. The van der Waals surface area contributed by atoms with E-state index in [1.54, 1.807) is 0 Å². The average molecular weight is 300 g/mol. The van der Waals surface area contributed by atoms with Crippen LogP contribution in [-0.2, 0) is 16.2 Å². The minimum atomic E-state index is -1.67. The monoisotopic (exact) mass is 298 g/mol. The van der Waals surface area contributed by atoms with Crippen LogP contribution in [0.1, 0.15) is 13.8 Å². The van der Waals surface area contributed by atoms with Crippen LogP contribution in [0.2, 0.25) is 10.0 Å². The fourth-order valence-corrected chi connectivity index (χ4v) is 9.09. The Morgan fingerprint density at radius 1 is 0.737 bits per heavy atom. The molecule has 2 rings (SSSR count). The summed E-state index contributed by atoms with van der Waals surface area (Å²) in [4.78, 5) is 0. The molecule has 0 spiro atoms. The Hall–Kier alpha value is -0.539. The third-order valence-electron chi connectivity index (χ3n) is 3.74. The van der Waals surface area contributed by atoms with Gasteiger partial charge in [-0.15, -0.1) is 0 Å². The van der Waals surface area contributed by atoms with Crippen LogP contribution in [0.25, 0.3) is 0 Å². The van der Waals surface area contributed by atoms with Gasteiger partial charge in [-0.05, 0) is 0 Å². The van der Waals surface area contributed by atoms with E-state index in [1.165, 1.54) is 21.4 Å². The van der Waals surface area contributed by atoms with E-state index in [2.05, 4.69) is 78.2 Å². The van der Waals surface area contributed by atoms with Gasteiger partial charge < -0.3 is 0 Å². The molecule has 0 aromatic heterocycles. The molecule has 1 nitrogen and oxygen atoms in total. The summed E-state index contributed by atoms with van der Waals surface area (Å²) in [7, 11) is 0. The molecule has 19 heavy (non-hydrogen) atoms. The van der Waals surface area contributed by atoms with E-state index in [0.29, 0.717) is 0 Å². The Morgan fingerprint density at radius 3 is 1.42 bits per heavy atom. The van der Waals surface area contributed by atoms with Gasteiger partial charge in [0.1, 0.15) is 0 Å². The van der Waals surface area contributed by atoms with Gasteiger partial charge in [-0.1, -0.05) is 0 Å². The second-order valence-corrected chi connectivity index (χ2v) is 13.8. The van der Waals surface area contributed by atoms with Gasteiger partial charge in [-0.25, -0.2) is 0 Å². The molecule has 0 atom stereocenters. The van der Waals surface area contributed by atoms with Gasteiger partial charge in [0.2, 0.25) is 0 Å². The molecule has 0 aliphatic carbocycles. The number of hydrogen-bond acceptors (Lipinski definition) is 1. The SMILES string of the molecule is C[CH2][Zn]([CH2]C)[N](c1ccccc1)c1ccccc1.[LiH]. The van der Waals surface area contributed by atoms with Crippen molar-refractivity contribution in [2.24, 2.45) is 0 Å². The van der Waals surface area contributed by atoms with Crippen molar-refractivity contribution in [2.45, 2.75) is 23.9 Å². The quantitative estimate of drug-likeness (QED) is 0.730. The predicted octanol–water partition coefficient (Wildman–Crippen LogP) is 4.59. The fraction of sp³-hybridized carbons (Fsp3) is 0.250. The average Bonchev–Trinajstić information content (AvgIpc) is 2.46. The number of benzene rings is 2. The van der Waals surface area contributed by atoms with Crippen LogP contribution in [0.5, 0.6) is 0 Å². The van der Waals surface area contributed by atoms with Crippen molar-refractivity contribution in [3.05, 3.63) is 60.7 Å². The normalized spacial score (nSPS) is 9.58. The van der Waals surface area contributed by atoms with Crippen molar-refractivity contribution in [1.82, 2.24) is 0 Å². The molecule has 2 aromatic rings. The molecular weight excluding hydrogens is 279 g/mol. The van der Waals surface area contributed by atoms with Crippen molar-refractivity contribution in [3.63, 3.8) is 0 Å². The first-order valence-electron chi connectivity index (χ1n) is 7.00. The summed E-state index contributed by atoms with van der Waals surface area (Å²) in [6.07, 6.45) is 0. The van der Waals surface area contributed by atoms with Crippen LogP contribution in [0.15, 0.2) is 60.7 Å². The summed E-state index contributed by atoms with van der Waals surface area (Å²) in [5, 5.41) is 2.72. The van der Waals surface area contributed by atoms with Crippen molar-refractivity contribution >= 4 is 30.2 Å². The van der Waals surface area contributed by atoms with E-state index >= 15 is 0 Å². The van der Waals surface area contributed by atoms with Gasteiger partial charge in [-0.3, -0.25) is 0 Å². The third-order valence-corrected chi connectivity index (χ3v) is 12.0. The zero-order chi connectivity index (χ0) is 12.8. The van der Waals surface area contributed by atoms with Crippen LogP contribution in [-0.4, -0.2) is 18.9 Å². The summed E-state index contributed by atoms with van der Waals surface area (Å²) in [6.45, 7) is 4.70. The predicted molar refractivity (Wildman–Crippen MR) is 83.1 cm³/mol. The maximum atomic E-state index is 2.65. The first kappa shape index (κ1) is 16.5. The molecule has 0 bridgehead atoms. The third kappa shape index (κ3) is 4.22. The molecule has 0 amide bonds.